The summed E-state index contributed by atoms with van der Waals surface area (Å²) in [4.78, 5) is 22.8. The minimum Gasteiger partial charge on any atom is -0.469 e. The van der Waals surface area contributed by atoms with E-state index >= 15 is 0 Å². The van der Waals surface area contributed by atoms with E-state index in [1.54, 1.807) is 14.2 Å². The van der Waals surface area contributed by atoms with E-state index < -0.39 is 5.79 Å². The van der Waals surface area contributed by atoms with E-state index in [-0.39, 0.29) is 24.1 Å². The fraction of sp³-hybridized carbons (Fsp3) is 0.833. The van der Waals surface area contributed by atoms with Crippen molar-refractivity contribution in [3.63, 3.8) is 0 Å². The lowest BCUT2D eigenvalue weighted by atomic mass is 9.81. The van der Waals surface area contributed by atoms with Gasteiger partial charge in [0.25, 0.3) is 0 Å². The van der Waals surface area contributed by atoms with Gasteiger partial charge in [-0.3, -0.25) is 9.59 Å². The molecule has 0 amide bonds. The summed E-state index contributed by atoms with van der Waals surface area (Å²) in [5, 5.41) is 0. The predicted octanol–water partition coefficient (Wildman–Crippen LogP) is 1.30. The van der Waals surface area contributed by atoms with Gasteiger partial charge in [0, 0.05) is 45.8 Å². The highest BCUT2D eigenvalue weighted by Crippen LogP contribution is 2.35. The molecule has 0 aliphatic heterocycles. The molecule has 0 saturated heterocycles. The van der Waals surface area contributed by atoms with Crippen molar-refractivity contribution in [3.8, 4) is 0 Å². The molecule has 1 aliphatic carbocycles. The van der Waals surface area contributed by atoms with E-state index in [1.165, 1.54) is 7.11 Å². The Bertz CT molecular complexity index is 283. The van der Waals surface area contributed by atoms with Crippen LogP contribution >= 0.6 is 0 Å². The second kappa shape index (κ2) is 6.12. The zero-order valence-electron chi connectivity index (χ0n) is 10.7. The molecule has 1 fully saturated rings. The molecule has 0 aromatic heterocycles. The summed E-state index contributed by atoms with van der Waals surface area (Å²) >= 11 is 0. The van der Waals surface area contributed by atoms with E-state index in [2.05, 4.69) is 4.74 Å². The molecule has 0 bridgehead atoms. The first kappa shape index (κ1) is 14.1. The van der Waals surface area contributed by atoms with Crippen LogP contribution in [0.4, 0.5) is 0 Å². The molecular formula is C12H20O5. The minimum atomic E-state index is -0.672. The van der Waals surface area contributed by atoms with Gasteiger partial charge in [-0.25, -0.2) is 0 Å². The molecule has 5 nitrogen and oxygen atoms in total. The summed E-state index contributed by atoms with van der Waals surface area (Å²) < 4.78 is 15.3. The summed E-state index contributed by atoms with van der Waals surface area (Å²) in [6.07, 6.45) is 2.29. The smallest absolute Gasteiger partial charge is 0.305 e. The lowest BCUT2D eigenvalue weighted by Gasteiger charge is -2.37. The highest BCUT2D eigenvalue weighted by Gasteiger charge is 2.40. The summed E-state index contributed by atoms with van der Waals surface area (Å²) in [6.45, 7) is 0. The monoisotopic (exact) mass is 244 g/mol. The molecule has 1 aliphatic rings. The molecule has 98 valence electrons. The number of hydrogen-bond acceptors (Lipinski definition) is 5. The third kappa shape index (κ3) is 3.51. The summed E-state index contributed by atoms with van der Waals surface area (Å²) in [6, 6.07) is 0. The van der Waals surface area contributed by atoms with Crippen molar-refractivity contribution >= 4 is 11.8 Å². The number of carbonyl (C=O) groups is 2. The molecule has 0 aromatic rings. The highest BCUT2D eigenvalue weighted by atomic mass is 16.7. The van der Waals surface area contributed by atoms with Crippen molar-refractivity contribution in [2.24, 2.45) is 5.92 Å². The Balaban J connectivity index is 2.57. The molecule has 17 heavy (non-hydrogen) atoms. The largest absolute Gasteiger partial charge is 0.469 e. The molecular weight excluding hydrogens is 224 g/mol. The highest BCUT2D eigenvalue weighted by molar-refractivity contribution is 5.82. The van der Waals surface area contributed by atoms with Crippen LogP contribution in [-0.4, -0.2) is 38.9 Å². The van der Waals surface area contributed by atoms with Crippen LogP contribution in [0.1, 0.15) is 32.1 Å². The summed E-state index contributed by atoms with van der Waals surface area (Å²) in [5.41, 5.74) is 0. The molecule has 0 aromatic carbocycles. The first-order valence-electron chi connectivity index (χ1n) is 5.76. The summed E-state index contributed by atoms with van der Waals surface area (Å²) in [5.74, 6) is -0.959. The molecule has 0 heterocycles. The zero-order valence-corrected chi connectivity index (χ0v) is 10.7. The second-order valence-electron chi connectivity index (χ2n) is 4.30. The van der Waals surface area contributed by atoms with Gasteiger partial charge in [0.15, 0.2) is 5.79 Å². The second-order valence-corrected chi connectivity index (χ2v) is 4.30. The molecule has 1 saturated carbocycles. The number of Topliss-reactive ketones (excluding diaryl/α,β-unsaturated/α-hetero) is 1. The van der Waals surface area contributed by atoms with E-state index in [0.29, 0.717) is 25.7 Å². The van der Waals surface area contributed by atoms with Crippen molar-refractivity contribution in [3.05, 3.63) is 0 Å². The third-order valence-electron chi connectivity index (χ3n) is 3.43. The van der Waals surface area contributed by atoms with Crippen LogP contribution in [-0.2, 0) is 23.8 Å². The average Bonchev–Trinajstić information content (AvgIpc) is 2.38. The van der Waals surface area contributed by atoms with Crippen LogP contribution in [0.25, 0.3) is 0 Å². The molecule has 0 radical (unpaired) electrons. The van der Waals surface area contributed by atoms with E-state index in [9.17, 15) is 9.59 Å². The van der Waals surface area contributed by atoms with Crippen molar-refractivity contribution in [2.75, 3.05) is 21.3 Å². The quantitative estimate of drug-likeness (QED) is 0.539. The number of ether oxygens (including phenoxy) is 3. The van der Waals surface area contributed by atoms with Gasteiger partial charge in [0.1, 0.15) is 5.78 Å². The maximum Gasteiger partial charge on any atom is 0.305 e. The van der Waals surface area contributed by atoms with Gasteiger partial charge >= 0.3 is 5.97 Å². The van der Waals surface area contributed by atoms with Gasteiger partial charge in [0.2, 0.25) is 0 Å². The van der Waals surface area contributed by atoms with Crippen LogP contribution in [0.3, 0.4) is 0 Å². The lowest BCUT2D eigenvalue weighted by Crippen LogP contribution is -2.42. The number of carbonyl (C=O) groups excluding carboxylic acids is 2. The zero-order chi connectivity index (χ0) is 12.9. The Labute approximate surface area is 101 Å². The Morgan fingerprint density at radius 1 is 1.35 bits per heavy atom. The van der Waals surface area contributed by atoms with Crippen molar-refractivity contribution < 1.29 is 23.8 Å². The standard InChI is InChI=1S/C12H20O5/c1-15-11(14)5-4-9-8-12(16-2,17-3)7-6-10(9)13/h9H,4-8H2,1-3H3. The van der Waals surface area contributed by atoms with Gasteiger partial charge < -0.3 is 14.2 Å². The van der Waals surface area contributed by atoms with Crippen LogP contribution < -0.4 is 0 Å². The normalized spacial score (nSPS) is 23.5. The Morgan fingerprint density at radius 2 is 2.00 bits per heavy atom. The van der Waals surface area contributed by atoms with E-state index in [1.807, 2.05) is 0 Å². The number of methoxy groups -OCH3 is 3. The number of esters is 1. The maximum atomic E-state index is 11.8. The molecule has 1 unspecified atom stereocenters. The van der Waals surface area contributed by atoms with E-state index in [4.69, 9.17) is 9.47 Å². The summed E-state index contributed by atoms with van der Waals surface area (Å²) in [7, 11) is 4.51. The SMILES string of the molecule is COC(=O)CCC1CC(OC)(OC)CCC1=O. The van der Waals surface area contributed by atoms with Crippen LogP contribution in [0, 0.1) is 5.92 Å². The fourth-order valence-corrected chi connectivity index (χ4v) is 2.22. The van der Waals surface area contributed by atoms with E-state index in [0.717, 1.165) is 0 Å². The molecule has 1 rings (SSSR count). The third-order valence-corrected chi connectivity index (χ3v) is 3.43. The van der Waals surface area contributed by atoms with Gasteiger partial charge in [0.05, 0.1) is 7.11 Å². The maximum absolute atomic E-state index is 11.8. The fourth-order valence-electron chi connectivity index (χ4n) is 2.22. The Kier molecular flexibility index (Phi) is 5.08. The van der Waals surface area contributed by atoms with Crippen LogP contribution in [0.5, 0.6) is 0 Å². The predicted molar refractivity (Wildman–Crippen MR) is 60.3 cm³/mol. The number of ketones is 1. The molecule has 0 spiro atoms. The topological polar surface area (TPSA) is 61.8 Å². The lowest BCUT2D eigenvalue weighted by molar-refractivity contribution is -0.229. The van der Waals surface area contributed by atoms with Gasteiger partial charge in [-0.2, -0.15) is 0 Å². The average molecular weight is 244 g/mol. The molecule has 5 heteroatoms. The van der Waals surface area contributed by atoms with Crippen LogP contribution in [0.15, 0.2) is 0 Å². The van der Waals surface area contributed by atoms with Crippen molar-refractivity contribution in [1.29, 1.82) is 0 Å². The number of rotatable bonds is 5. The van der Waals surface area contributed by atoms with Gasteiger partial charge in [-0.15, -0.1) is 0 Å². The molecule has 0 N–H and O–H groups in total. The first-order chi connectivity index (χ1) is 8.06. The Morgan fingerprint density at radius 3 is 2.53 bits per heavy atom. The minimum absolute atomic E-state index is 0.178. The van der Waals surface area contributed by atoms with Crippen molar-refractivity contribution in [2.45, 2.75) is 37.9 Å². The molecule has 1 atom stereocenters. The van der Waals surface area contributed by atoms with Crippen LogP contribution in [0.2, 0.25) is 0 Å². The van der Waals surface area contributed by atoms with Gasteiger partial charge in [-0.05, 0) is 6.42 Å². The Hall–Kier alpha value is -0.940. The van der Waals surface area contributed by atoms with Gasteiger partial charge in [-0.1, -0.05) is 0 Å². The first-order valence-corrected chi connectivity index (χ1v) is 5.76. The van der Waals surface area contributed by atoms with Crippen molar-refractivity contribution in [1.82, 2.24) is 0 Å². The number of hydrogen-bond donors (Lipinski definition) is 0.